The highest BCUT2D eigenvalue weighted by molar-refractivity contribution is 5.96. The lowest BCUT2D eigenvalue weighted by Crippen LogP contribution is -2.18. The van der Waals surface area contributed by atoms with E-state index in [1.54, 1.807) is 6.07 Å². The van der Waals surface area contributed by atoms with Crippen LogP contribution < -0.4 is 10.1 Å². The first-order valence-electron chi connectivity index (χ1n) is 12.5. The highest BCUT2D eigenvalue weighted by Gasteiger charge is 2.28. The summed E-state index contributed by atoms with van der Waals surface area (Å²) < 4.78 is 25.9. The Hall–Kier alpha value is -4.31. The van der Waals surface area contributed by atoms with Gasteiger partial charge < -0.3 is 14.0 Å². The predicted molar refractivity (Wildman–Crippen MR) is 141 cm³/mol. The van der Waals surface area contributed by atoms with Gasteiger partial charge in [-0.3, -0.25) is 5.32 Å². The molecule has 0 spiro atoms. The van der Waals surface area contributed by atoms with Gasteiger partial charge in [-0.2, -0.15) is 5.26 Å². The molecule has 1 atom stereocenters. The van der Waals surface area contributed by atoms with Crippen LogP contribution in [0.4, 0.5) is 14.9 Å². The molecule has 0 radical (unpaired) electrons. The minimum Gasteiger partial charge on any atom is -0.491 e. The fraction of sp³-hybridized carbons (Fsp3) is 0.267. The Morgan fingerprint density at radius 2 is 1.89 bits per heavy atom. The molecule has 1 N–H and O–H groups in total. The number of aromatic nitrogens is 1. The molecule has 188 valence electrons. The third kappa shape index (κ3) is 5.01. The van der Waals surface area contributed by atoms with Crippen molar-refractivity contribution in [2.45, 2.75) is 38.3 Å². The van der Waals surface area contributed by atoms with Crippen molar-refractivity contribution < 1.29 is 18.7 Å². The molecule has 0 aliphatic heterocycles. The lowest BCUT2D eigenvalue weighted by Gasteiger charge is -2.30. The molecule has 1 aliphatic rings. The van der Waals surface area contributed by atoms with Gasteiger partial charge in [-0.1, -0.05) is 42.5 Å². The van der Waals surface area contributed by atoms with Gasteiger partial charge in [0.15, 0.2) is 0 Å². The van der Waals surface area contributed by atoms with E-state index in [-0.39, 0.29) is 18.8 Å². The number of carbonyl (C=O) groups is 1. The normalized spacial score (nSPS) is 14.0. The third-order valence-corrected chi connectivity index (χ3v) is 6.83. The van der Waals surface area contributed by atoms with Crippen LogP contribution in [-0.4, -0.2) is 23.9 Å². The zero-order chi connectivity index (χ0) is 25.8. The van der Waals surface area contributed by atoms with Crippen molar-refractivity contribution in [1.29, 1.82) is 5.26 Å². The molecular formula is C30H28FN3O3. The van der Waals surface area contributed by atoms with E-state index in [4.69, 9.17) is 9.47 Å². The summed E-state index contributed by atoms with van der Waals surface area (Å²) in [7, 11) is 0. The monoisotopic (exact) mass is 497 g/mol. The molecule has 4 aromatic rings. The standard InChI is InChI=1S/C30H28FN3O3/c1-20(21-6-3-2-4-7-21)37-30(35)33-23-12-10-22(11-13-23)29-27(19-32)26-15-14-25(36-17-16-31)18-28(26)34(29)24-8-5-9-24/h2-4,6-7,10-15,18,20,24H,5,8-9,16-17H2,1H3,(H,33,35)/t20-/m1/s1. The van der Waals surface area contributed by atoms with E-state index in [9.17, 15) is 14.4 Å². The molecule has 5 rings (SSSR count). The molecule has 3 aromatic carbocycles. The Labute approximate surface area is 215 Å². The van der Waals surface area contributed by atoms with Crippen LogP contribution in [0, 0.1) is 11.3 Å². The number of rotatable bonds is 8. The average Bonchev–Trinajstić information content (AvgIpc) is 3.20. The largest absolute Gasteiger partial charge is 0.491 e. The first kappa shape index (κ1) is 24.4. The molecule has 1 fully saturated rings. The zero-order valence-electron chi connectivity index (χ0n) is 20.6. The van der Waals surface area contributed by atoms with Crippen molar-refractivity contribution in [3.8, 4) is 23.1 Å². The van der Waals surface area contributed by atoms with Crippen molar-refractivity contribution in [1.82, 2.24) is 4.57 Å². The van der Waals surface area contributed by atoms with Gasteiger partial charge in [0.25, 0.3) is 0 Å². The van der Waals surface area contributed by atoms with Gasteiger partial charge in [-0.25, -0.2) is 9.18 Å². The summed E-state index contributed by atoms with van der Waals surface area (Å²) in [6.45, 7) is 1.26. The van der Waals surface area contributed by atoms with Gasteiger partial charge >= 0.3 is 6.09 Å². The Kier molecular flexibility index (Phi) is 7.09. The van der Waals surface area contributed by atoms with Crippen LogP contribution in [-0.2, 0) is 4.74 Å². The summed E-state index contributed by atoms with van der Waals surface area (Å²) in [5, 5.41) is 13.7. The number of hydrogen-bond acceptors (Lipinski definition) is 4. The van der Waals surface area contributed by atoms with Crippen molar-refractivity contribution in [3.63, 3.8) is 0 Å². The number of anilines is 1. The van der Waals surface area contributed by atoms with Crippen LogP contribution in [0.2, 0.25) is 0 Å². The van der Waals surface area contributed by atoms with Gasteiger partial charge in [0, 0.05) is 23.2 Å². The second-order valence-electron chi connectivity index (χ2n) is 9.17. The maximum Gasteiger partial charge on any atom is 0.412 e. The molecule has 1 heterocycles. The minimum atomic E-state index is -0.560. The second-order valence-corrected chi connectivity index (χ2v) is 9.17. The molecule has 1 aliphatic carbocycles. The molecule has 0 unspecified atom stereocenters. The van der Waals surface area contributed by atoms with Crippen molar-refractivity contribution in [2.75, 3.05) is 18.6 Å². The van der Waals surface area contributed by atoms with E-state index < -0.39 is 12.8 Å². The van der Waals surface area contributed by atoms with E-state index in [1.807, 2.05) is 73.7 Å². The van der Waals surface area contributed by atoms with Gasteiger partial charge in [0.05, 0.1) is 16.8 Å². The second kappa shape index (κ2) is 10.8. The van der Waals surface area contributed by atoms with Crippen molar-refractivity contribution >= 4 is 22.7 Å². The Morgan fingerprint density at radius 3 is 2.54 bits per heavy atom. The number of hydrogen-bond donors (Lipinski definition) is 1. The Bertz CT molecular complexity index is 1440. The quantitative estimate of drug-likeness (QED) is 0.272. The number of amides is 1. The van der Waals surface area contributed by atoms with E-state index in [2.05, 4.69) is 16.0 Å². The molecule has 0 bridgehead atoms. The van der Waals surface area contributed by atoms with Crippen LogP contribution in [0.15, 0.2) is 72.8 Å². The number of carbonyl (C=O) groups excluding carboxylic acids is 1. The highest BCUT2D eigenvalue weighted by Crippen LogP contribution is 2.43. The number of fused-ring (bicyclic) bond motifs is 1. The summed E-state index contributed by atoms with van der Waals surface area (Å²) in [5.74, 6) is 0.585. The average molecular weight is 498 g/mol. The third-order valence-electron chi connectivity index (χ3n) is 6.83. The molecule has 7 heteroatoms. The number of alkyl halides is 1. The van der Waals surface area contributed by atoms with Crippen molar-refractivity contribution in [3.05, 3.63) is 83.9 Å². The lowest BCUT2D eigenvalue weighted by molar-refractivity contribution is 0.121. The number of nitrogens with one attached hydrogen (secondary N) is 1. The van der Waals surface area contributed by atoms with E-state index in [0.717, 1.165) is 47.0 Å². The molecular weight excluding hydrogens is 469 g/mol. The zero-order valence-corrected chi connectivity index (χ0v) is 20.6. The Morgan fingerprint density at radius 1 is 1.14 bits per heavy atom. The summed E-state index contributed by atoms with van der Waals surface area (Å²) in [6, 6.07) is 25.2. The van der Waals surface area contributed by atoms with E-state index in [1.165, 1.54) is 0 Å². The summed E-state index contributed by atoms with van der Waals surface area (Å²) in [5.41, 5.74) is 4.74. The SMILES string of the molecule is C[C@@H](OC(=O)Nc1ccc(-c2c(C#N)c3ccc(OCCF)cc3n2C2CCC2)cc1)c1ccccc1. The van der Waals surface area contributed by atoms with Crippen LogP contribution in [0.5, 0.6) is 5.75 Å². The molecule has 6 nitrogen and oxygen atoms in total. The van der Waals surface area contributed by atoms with E-state index >= 15 is 0 Å². The van der Waals surface area contributed by atoms with Gasteiger partial charge in [-0.15, -0.1) is 0 Å². The molecule has 0 saturated heterocycles. The minimum absolute atomic E-state index is 0.00533. The first-order chi connectivity index (χ1) is 18.1. The number of nitrogens with zero attached hydrogens (tertiary/aromatic N) is 2. The lowest BCUT2D eigenvalue weighted by atomic mass is 9.92. The maximum atomic E-state index is 12.7. The highest BCUT2D eigenvalue weighted by atomic mass is 19.1. The smallest absolute Gasteiger partial charge is 0.412 e. The van der Waals surface area contributed by atoms with E-state index in [0.29, 0.717) is 17.0 Å². The van der Waals surface area contributed by atoms with Gasteiger partial charge in [-0.05, 0) is 61.6 Å². The fourth-order valence-corrected chi connectivity index (χ4v) is 4.77. The number of ether oxygens (including phenoxy) is 2. The van der Waals surface area contributed by atoms with Crippen LogP contribution >= 0.6 is 0 Å². The van der Waals surface area contributed by atoms with Crippen molar-refractivity contribution in [2.24, 2.45) is 0 Å². The van der Waals surface area contributed by atoms with Crippen LogP contribution in [0.3, 0.4) is 0 Å². The molecule has 37 heavy (non-hydrogen) atoms. The van der Waals surface area contributed by atoms with Crippen LogP contribution in [0.1, 0.15) is 49.5 Å². The molecule has 1 saturated carbocycles. The number of halogens is 1. The number of nitriles is 1. The first-order valence-corrected chi connectivity index (χ1v) is 12.5. The van der Waals surface area contributed by atoms with Gasteiger partial charge in [0.2, 0.25) is 0 Å². The summed E-state index contributed by atoms with van der Waals surface area (Å²) in [6.07, 6.45) is 2.28. The summed E-state index contributed by atoms with van der Waals surface area (Å²) >= 11 is 0. The number of benzene rings is 3. The predicted octanol–water partition coefficient (Wildman–Crippen LogP) is 7.56. The molecule has 1 amide bonds. The van der Waals surface area contributed by atoms with Gasteiger partial charge in [0.1, 0.15) is 31.2 Å². The van der Waals surface area contributed by atoms with Crippen LogP contribution in [0.25, 0.3) is 22.2 Å². The molecule has 1 aromatic heterocycles. The fourth-order valence-electron chi connectivity index (χ4n) is 4.77. The topological polar surface area (TPSA) is 76.3 Å². The maximum absolute atomic E-state index is 12.7. The Balaban J connectivity index is 1.42. The summed E-state index contributed by atoms with van der Waals surface area (Å²) in [4.78, 5) is 12.4.